The van der Waals surface area contributed by atoms with Crippen molar-refractivity contribution >= 4 is 0 Å². The van der Waals surface area contributed by atoms with Crippen molar-refractivity contribution < 1.29 is 5.11 Å². The van der Waals surface area contributed by atoms with Crippen molar-refractivity contribution in [1.29, 1.82) is 0 Å². The van der Waals surface area contributed by atoms with Gasteiger partial charge in [-0.3, -0.25) is 11.5 Å². The van der Waals surface area contributed by atoms with Crippen LogP contribution in [0.1, 0.15) is 13.8 Å². The molecule has 0 saturated carbocycles. The topological polar surface area (TPSA) is 98.3 Å². The Morgan fingerprint density at radius 3 is 1.67 bits per heavy atom. The Hall–Kier alpha value is -0.160. The van der Waals surface area contributed by atoms with Crippen molar-refractivity contribution in [2.75, 3.05) is 0 Å². The second-order valence-electron chi connectivity index (χ2n) is 2.66. The summed E-state index contributed by atoms with van der Waals surface area (Å²) in [6.45, 7) is 3.69. The molecule has 7 N–H and O–H groups in total. The molecule has 1 unspecified atom stereocenters. The Kier molecular flexibility index (Phi) is 2.57. The molecule has 4 heteroatoms. The van der Waals surface area contributed by atoms with E-state index in [0.29, 0.717) is 0 Å². The van der Waals surface area contributed by atoms with Crippen LogP contribution in [-0.4, -0.2) is 17.0 Å². The van der Waals surface area contributed by atoms with Crippen LogP contribution in [0, 0.1) is 5.92 Å². The van der Waals surface area contributed by atoms with Crippen LogP contribution in [0.25, 0.3) is 0 Å². The highest BCUT2D eigenvalue weighted by atomic mass is 16.3. The molecule has 0 heterocycles. The molecule has 0 aromatic carbocycles. The third kappa shape index (κ3) is 2.76. The molecule has 0 amide bonds. The summed E-state index contributed by atoms with van der Waals surface area (Å²) in [6, 6.07) is -0.572. The van der Waals surface area contributed by atoms with E-state index in [1.165, 1.54) is 0 Å². The van der Waals surface area contributed by atoms with Gasteiger partial charge in [-0.05, 0) is 5.92 Å². The van der Waals surface area contributed by atoms with Crippen LogP contribution in [0.3, 0.4) is 0 Å². The number of hydrogen-bond donors (Lipinski definition) is 4. The fourth-order valence-electron chi connectivity index (χ4n) is 0.534. The summed E-state index contributed by atoms with van der Waals surface area (Å²) in [5.74, 6) is -1.65. The summed E-state index contributed by atoms with van der Waals surface area (Å²) in [5.41, 5.74) is 15.6. The van der Waals surface area contributed by atoms with E-state index in [2.05, 4.69) is 0 Å². The van der Waals surface area contributed by atoms with E-state index < -0.39 is 11.9 Å². The molecular weight excluding hydrogens is 118 g/mol. The molecule has 0 spiro atoms. The van der Waals surface area contributed by atoms with Crippen molar-refractivity contribution in [3.63, 3.8) is 0 Å². The minimum atomic E-state index is -1.74. The molecule has 0 bridgehead atoms. The third-order valence-corrected chi connectivity index (χ3v) is 1.25. The van der Waals surface area contributed by atoms with Crippen molar-refractivity contribution in [2.24, 2.45) is 23.1 Å². The summed E-state index contributed by atoms with van der Waals surface area (Å²) >= 11 is 0. The van der Waals surface area contributed by atoms with E-state index in [-0.39, 0.29) is 5.92 Å². The Bertz CT molecular complexity index is 86.7. The first-order chi connectivity index (χ1) is 3.85. The average Bonchev–Trinajstić information content (AvgIpc) is 1.62. The van der Waals surface area contributed by atoms with Gasteiger partial charge in [-0.15, -0.1) is 0 Å². The van der Waals surface area contributed by atoms with Gasteiger partial charge < -0.3 is 10.8 Å². The third-order valence-electron chi connectivity index (χ3n) is 1.25. The fourth-order valence-corrected chi connectivity index (χ4v) is 0.534. The van der Waals surface area contributed by atoms with Gasteiger partial charge in [-0.25, -0.2) is 0 Å². The van der Waals surface area contributed by atoms with E-state index >= 15 is 0 Å². The zero-order chi connectivity index (χ0) is 7.65. The molecule has 0 aromatic rings. The summed E-state index contributed by atoms with van der Waals surface area (Å²) in [6.07, 6.45) is 0. The number of nitrogens with two attached hydrogens (primary N) is 3. The standard InChI is InChI=1S/C5H15N3O/c1-3(2)4(6)5(7,8)9/h3-4,9H,6-8H2,1-2H3. The molecular formula is C5H15N3O. The SMILES string of the molecule is CC(C)C(N)C(N)(N)O. The lowest BCUT2D eigenvalue weighted by atomic mass is 10.0. The Morgan fingerprint density at radius 1 is 1.33 bits per heavy atom. The number of rotatable bonds is 2. The molecule has 0 fully saturated rings. The van der Waals surface area contributed by atoms with Crippen LogP contribution in [0.15, 0.2) is 0 Å². The number of hydrogen-bond acceptors (Lipinski definition) is 4. The van der Waals surface area contributed by atoms with E-state index in [9.17, 15) is 0 Å². The molecule has 9 heavy (non-hydrogen) atoms. The highest BCUT2D eigenvalue weighted by molar-refractivity contribution is 4.79. The van der Waals surface area contributed by atoms with Crippen molar-refractivity contribution in [3.8, 4) is 0 Å². The van der Waals surface area contributed by atoms with Crippen LogP contribution in [-0.2, 0) is 0 Å². The Labute approximate surface area is 55.0 Å². The molecule has 0 saturated heterocycles. The average molecular weight is 133 g/mol. The Morgan fingerprint density at radius 2 is 1.67 bits per heavy atom. The maximum absolute atomic E-state index is 8.89. The quantitative estimate of drug-likeness (QED) is 0.346. The monoisotopic (exact) mass is 133 g/mol. The van der Waals surface area contributed by atoms with Crippen LogP contribution in [0.2, 0.25) is 0 Å². The number of aliphatic hydroxyl groups is 1. The van der Waals surface area contributed by atoms with E-state index in [4.69, 9.17) is 22.3 Å². The molecule has 0 radical (unpaired) electrons. The highest BCUT2D eigenvalue weighted by Crippen LogP contribution is 2.03. The lowest BCUT2D eigenvalue weighted by molar-refractivity contribution is 0.0118. The van der Waals surface area contributed by atoms with Crippen LogP contribution >= 0.6 is 0 Å². The van der Waals surface area contributed by atoms with Gasteiger partial charge in [-0.2, -0.15) is 0 Å². The summed E-state index contributed by atoms with van der Waals surface area (Å²) in [7, 11) is 0. The summed E-state index contributed by atoms with van der Waals surface area (Å²) < 4.78 is 0. The van der Waals surface area contributed by atoms with E-state index in [0.717, 1.165) is 0 Å². The fraction of sp³-hybridized carbons (Fsp3) is 1.00. The molecule has 0 aliphatic rings. The van der Waals surface area contributed by atoms with Crippen LogP contribution in [0.4, 0.5) is 0 Å². The highest BCUT2D eigenvalue weighted by Gasteiger charge is 2.26. The zero-order valence-electron chi connectivity index (χ0n) is 5.83. The molecule has 0 aromatic heterocycles. The van der Waals surface area contributed by atoms with Crippen LogP contribution in [0.5, 0.6) is 0 Å². The van der Waals surface area contributed by atoms with Crippen molar-refractivity contribution in [3.05, 3.63) is 0 Å². The van der Waals surface area contributed by atoms with Crippen LogP contribution < -0.4 is 17.2 Å². The maximum atomic E-state index is 8.89. The van der Waals surface area contributed by atoms with Gasteiger partial charge in [0.2, 0.25) is 0 Å². The maximum Gasteiger partial charge on any atom is 0.182 e. The minimum Gasteiger partial charge on any atom is -0.362 e. The van der Waals surface area contributed by atoms with Gasteiger partial charge >= 0.3 is 0 Å². The van der Waals surface area contributed by atoms with Gasteiger partial charge in [0, 0.05) is 0 Å². The minimum absolute atomic E-state index is 0.0880. The summed E-state index contributed by atoms with van der Waals surface area (Å²) in [5, 5.41) is 8.89. The molecule has 56 valence electrons. The van der Waals surface area contributed by atoms with E-state index in [1.807, 2.05) is 13.8 Å². The molecule has 0 aliphatic carbocycles. The first kappa shape index (κ1) is 8.84. The predicted molar refractivity (Wildman–Crippen MR) is 36.1 cm³/mol. The van der Waals surface area contributed by atoms with E-state index in [1.54, 1.807) is 0 Å². The van der Waals surface area contributed by atoms with Gasteiger partial charge in [0.25, 0.3) is 0 Å². The largest absolute Gasteiger partial charge is 0.362 e. The molecule has 1 atom stereocenters. The van der Waals surface area contributed by atoms with Gasteiger partial charge in [0.1, 0.15) is 0 Å². The summed E-state index contributed by atoms with van der Waals surface area (Å²) in [4.78, 5) is 0. The Balaban J connectivity index is 3.88. The smallest absolute Gasteiger partial charge is 0.182 e. The predicted octanol–water partition coefficient (Wildman–Crippen LogP) is -1.47. The normalized spacial score (nSPS) is 16.3. The van der Waals surface area contributed by atoms with Gasteiger partial charge in [-0.1, -0.05) is 13.8 Å². The zero-order valence-corrected chi connectivity index (χ0v) is 5.83. The lowest BCUT2D eigenvalue weighted by Gasteiger charge is -2.27. The van der Waals surface area contributed by atoms with Gasteiger partial charge in [0.15, 0.2) is 5.85 Å². The first-order valence-corrected chi connectivity index (χ1v) is 2.91. The molecule has 0 aliphatic heterocycles. The second-order valence-corrected chi connectivity index (χ2v) is 2.66. The van der Waals surface area contributed by atoms with Crippen molar-refractivity contribution in [1.82, 2.24) is 0 Å². The first-order valence-electron chi connectivity index (χ1n) is 2.91. The second kappa shape index (κ2) is 2.62. The van der Waals surface area contributed by atoms with Crippen molar-refractivity contribution in [2.45, 2.75) is 25.7 Å². The molecule has 4 nitrogen and oxygen atoms in total. The molecule has 0 rings (SSSR count). The van der Waals surface area contributed by atoms with Gasteiger partial charge in [0.05, 0.1) is 6.04 Å². The lowest BCUT2D eigenvalue weighted by Crippen LogP contribution is -2.64.